The molecule has 0 unspecified atom stereocenters. The van der Waals surface area contributed by atoms with E-state index < -0.39 is 0 Å². The third-order valence-corrected chi connectivity index (χ3v) is 4.39. The minimum atomic E-state index is -0.334. The second kappa shape index (κ2) is 4.62. The number of rotatable bonds is 1. The maximum Gasteiger partial charge on any atom is 0.245 e. The van der Waals surface area contributed by atoms with E-state index in [1.54, 1.807) is 4.90 Å². The summed E-state index contributed by atoms with van der Waals surface area (Å²) in [5.41, 5.74) is 2.29. The molecule has 2 aliphatic rings. The molecule has 1 saturated heterocycles. The van der Waals surface area contributed by atoms with Gasteiger partial charge in [-0.05, 0) is 17.0 Å². The van der Waals surface area contributed by atoms with Crippen molar-refractivity contribution in [2.45, 2.75) is 32.4 Å². The Morgan fingerprint density at radius 2 is 1.90 bits per heavy atom. The van der Waals surface area contributed by atoms with E-state index in [1.165, 1.54) is 5.56 Å². The van der Waals surface area contributed by atoms with Gasteiger partial charge in [0, 0.05) is 13.6 Å². The number of fused-ring (bicyclic) bond motifs is 3. The quantitative estimate of drug-likeness (QED) is 0.779. The number of piperazine rings is 1. The number of nitrogens with zero attached hydrogens (tertiary/aromatic N) is 2. The summed E-state index contributed by atoms with van der Waals surface area (Å²) < 4.78 is 0. The Kier molecular flexibility index (Phi) is 3.04. The van der Waals surface area contributed by atoms with Crippen molar-refractivity contribution in [1.29, 1.82) is 0 Å². The predicted molar refractivity (Wildman–Crippen MR) is 76.0 cm³/mol. The van der Waals surface area contributed by atoms with Gasteiger partial charge in [0.15, 0.2) is 0 Å². The van der Waals surface area contributed by atoms with Gasteiger partial charge in [0.05, 0.1) is 12.5 Å². The number of hydrogen-bond acceptors (Lipinski definition) is 2. The number of hydrogen-bond donors (Lipinski definition) is 0. The minimum absolute atomic E-state index is 0.00236. The van der Waals surface area contributed by atoms with E-state index >= 15 is 0 Å². The molecule has 0 bridgehead atoms. The van der Waals surface area contributed by atoms with E-state index in [2.05, 4.69) is 6.07 Å². The van der Waals surface area contributed by atoms with Gasteiger partial charge in [0.2, 0.25) is 11.8 Å². The fourth-order valence-corrected chi connectivity index (χ4v) is 3.43. The number of amides is 2. The molecule has 106 valence electrons. The van der Waals surface area contributed by atoms with Crippen LogP contribution < -0.4 is 0 Å². The summed E-state index contributed by atoms with van der Waals surface area (Å²) in [7, 11) is 1.83. The van der Waals surface area contributed by atoms with Crippen LogP contribution in [0.4, 0.5) is 0 Å². The van der Waals surface area contributed by atoms with Crippen molar-refractivity contribution in [2.75, 3.05) is 13.6 Å². The molecule has 0 radical (unpaired) electrons. The van der Waals surface area contributed by atoms with Crippen molar-refractivity contribution in [2.24, 2.45) is 5.92 Å². The zero-order valence-corrected chi connectivity index (χ0v) is 12.2. The van der Waals surface area contributed by atoms with Gasteiger partial charge in [0.25, 0.3) is 0 Å². The van der Waals surface area contributed by atoms with Crippen molar-refractivity contribution in [3.05, 3.63) is 35.4 Å². The van der Waals surface area contributed by atoms with E-state index in [4.69, 9.17) is 0 Å². The number of benzene rings is 1. The zero-order chi connectivity index (χ0) is 14.4. The molecule has 2 amide bonds. The summed E-state index contributed by atoms with van der Waals surface area (Å²) in [4.78, 5) is 28.5. The van der Waals surface area contributed by atoms with Gasteiger partial charge < -0.3 is 9.80 Å². The molecule has 4 nitrogen and oxygen atoms in total. The van der Waals surface area contributed by atoms with E-state index in [0.717, 1.165) is 5.56 Å². The van der Waals surface area contributed by atoms with Crippen LogP contribution >= 0.6 is 0 Å². The Bertz CT molecular complexity index is 567. The molecular formula is C16H20N2O2. The van der Waals surface area contributed by atoms with Crippen LogP contribution in [0.15, 0.2) is 24.3 Å². The largest absolute Gasteiger partial charge is 0.342 e. The second-order valence-electron chi connectivity index (χ2n) is 6.10. The highest BCUT2D eigenvalue weighted by atomic mass is 16.2. The van der Waals surface area contributed by atoms with Crippen LogP contribution in [-0.4, -0.2) is 41.2 Å². The maximum atomic E-state index is 12.5. The van der Waals surface area contributed by atoms with Gasteiger partial charge in [-0.2, -0.15) is 0 Å². The van der Waals surface area contributed by atoms with Crippen LogP contribution in [-0.2, 0) is 16.0 Å². The Labute approximate surface area is 119 Å². The summed E-state index contributed by atoms with van der Waals surface area (Å²) in [6, 6.07) is 7.75. The second-order valence-corrected chi connectivity index (χ2v) is 6.10. The van der Waals surface area contributed by atoms with Gasteiger partial charge in [0.1, 0.15) is 6.04 Å². The molecule has 0 N–H and O–H groups in total. The minimum Gasteiger partial charge on any atom is -0.342 e. The molecular weight excluding hydrogens is 252 g/mol. The first-order chi connectivity index (χ1) is 9.50. The first-order valence-corrected chi connectivity index (χ1v) is 7.14. The number of carbonyl (C=O) groups is 2. The van der Waals surface area contributed by atoms with Crippen molar-refractivity contribution in [3.63, 3.8) is 0 Å². The van der Waals surface area contributed by atoms with Gasteiger partial charge in [-0.3, -0.25) is 9.59 Å². The Hall–Kier alpha value is -1.84. The topological polar surface area (TPSA) is 40.6 Å². The first-order valence-electron chi connectivity index (χ1n) is 7.14. The normalized spacial score (nSPS) is 25.8. The summed E-state index contributed by atoms with van der Waals surface area (Å²) in [5.74, 6) is 0.264. The first kappa shape index (κ1) is 13.2. The smallest absolute Gasteiger partial charge is 0.245 e. The highest BCUT2D eigenvalue weighted by molar-refractivity contribution is 5.91. The van der Waals surface area contributed by atoms with Crippen molar-refractivity contribution < 1.29 is 9.59 Å². The molecule has 2 heterocycles. The average molecular weight is 272 g/mol. The van der Waals surface area contributed by atoms with E-state index in [1.807, 2.05) is 44.0 Å². The van der Waals surface area contributed by atoms with Crippen LogP contribution in [0, 0.1) is 5.92 Å². The molecule has 0 aromatic heterocycles. The SMILES string of the molecule is CC(C)[C@H]1C(=O)N(C)C[C@@H]2c3ccccc3CC(=O)N21. The van der Waals surface area contributed by atoms with Crippen molar-refractivity contribution in [3.8, 4) is 0 Å². The molecule has 1 aromatic carbocycles. The van der Waals surface area contributed by atoms with E-state index in [0.29, 0.717) is 13.0 Å². The number of likely N-dealkylation sites (N-methyl/N-ethyl adjacent to an activating group) is 1. The van der Waals surface area contributed by atoms with Gasteiger partial charge in [-0.1, -0.05) is 38.1 Å². The van der Waals surface area contributed by atoms with Gasteiger partial charge in [-0.25, -0.2) is 0 Å². The van der Waals surface area contributed by atoms with Gasteiger partial charge >= 0.3 is 0 Å². The molecule has 0 spiro atoms. The lowest BCUT2D eigenvalue weighted by atomic mass is 9.86. The molecule has 0 aliphatic carbocycles. The molecule has 2 aliphatic heterocycles. The highest BCUT2D eigenvalue weighted by Gasteiger charge is 2.46. The molecule has 0 saturated carbocycles. The molecule has 2 atom stereocenters. The highest BCUT2D eigenvalue weighted by Crippen LogP contribution is 2.37. The van der Waals surface area contributed by atoms with Crippen LogP contribution in [0.5, 0.6) is 0 Å². The average Bonchev–Trinajstić information content (AvgIpc) is 2.40. The summed E-state index contributed by atoms with van der Waals surface area (Å²) in [6.07, 6.45) is 0.410. The molecule has 1 aromatic rings. The standard InChI is InChI=1S/C16H20N2O2/c1-10(2)15-16(20)17(3)9-13-12-7-5-4-6-11(12)8-14(19)18(13)15/h4-7,10,13,15H,8-9H2,1-3H3/t13-,15+/m1/s1. The fraction of sp³-hybridized carbons (Fsp3) is 0.500. The van der Waals surface area contributed by atoms with E-state index in [9.17, 15) is 9.59 Å². The lowest BCUT2D eigenvalue weighted by Gasteiger charge is -2.49. The number of carbonyl (C=O) groups excluding carboxylic acids is 2. The van der Waals surface area contributed by atoms with E-state index in [-0.39, 0.29) is 29.8 Å². The molecule has 20 heavy (non-hydrogen) atoms. The van der Waals surface area contributed by atoms with Crippen LogP contribution in [0.1, 0.15) is 31.0 Å². The van der Waals surface area contributed by atoms with Crippen molar-refractivity contribution in [1.82, 2.24) is 9.80 Å². The molecule has 3 rings (SSSR count). The summed E-state index contributed by atoms with van der Waals surface area (Å²) in [5, 5.41) is 0. The van der Waals surface area contributed by atoms with Crippen LogP contribution in [0.25, 0.3) is 0 Å². The monoisotopic (exact) mass is 272 g/mol. The molecule has 1 fully saturated rings. The Morgan fingerprint density at radius 1 is 1.20 bits per heavy atom. The predicted octanol–water partition coefficient (Wildman–Crippen LogP) is 1.61. The lowest BCUT2D eigenvalue weighted by Crippen LogP contribution is -2.62. The zero-order valence-electron chi connectivity index (χ0n) is 12.2. The molecule has 4 heteroatoms. The summed E-state index contributed by atoms with van der Waals surface area (Å²) in [6.45, 7) is 4.60. The fourth-order valence-electron chi connectivity index (χ4n) is 3.43. The Morgan fingerprint density at radius 3 is 2.60 bits per heavy atom. The van der Waals surface area contributed by atoms with Crippen LogP contribution in [0.2, 0.25) is 0 Å². The third kappa shape index (κ3) is 1.82. The van der Waals surface area contributed by atoms with Crippen molar-refractivity contribution >= 4 is 11.8 Å². The Balaban J connectivity index is 2.09. The van der Waals surface area contributed by atoms with Gasteiger partial charge in [-0.15, -0.1) is 0 Å². The summed E-state index contributed by atoms with van der Waals surface area (Å²) >= 11 is 0. The third-order valence-electron chi connectivity index (χ3n) is 4.39. The maximum absolute atomic E-state index is 12.5. The lowest BCUT2D eigenvalue weighted by molar-refractivity contribution is -0.158. The van der Waals surface area contributed by atoms with Crippen LogP contribution in [0.3, 0.4) is 0 Å².